The first-order valence-corrected chi connectivity index (χ1v) is 6.00. The Morgan fingerprint density at radius 3 is 3.06 bits per heavy atom. The van der Waals surface area contributed by atoms with Gasteiger partial charge >= 0.3 is 0 Å². The summed E-state index contributed by atoms with van der Waals surface area (Å²) in [4.78, 5) is 21.5. The van der Waals surface area contributed by atoms with Crippen molar-refractivity contribution in [2.45, 2.75) is 25.8 Å². The molecule has 6 nitrogen and oxygen atoms in total. The van der Waals surface area contributed by atoms with Crippen LogP contribution in [-0.4, -0.2) is 39.9 Å². The third-order valence-electron chi connectivity index (χ3n) is 2.85. The second-order valence-corrected chi connectivity index (χ2v) is 4.25. The molecule has 2 heterocycles. The van der Waals surface area contributed by atoms with Crippen LogP contribution in [0.1, 0.15) is 25.5 Å². The van der Waals surface area contributed by atoms with Crippen molar-refractivity contribution in [1.29, 1.82) is 5.26 Å². The fourth-order valence-electron chi connectivity index (χ4n) is 2.07. The number of amides is 1. The summed E-state index contributed by atoms with van der Waals surface area (Å²) in [6, 6.07) is 1.99. The summed E-state index contributed by atoms with van der Waals surface area (Å²) in [5.41, 5.74) is 0.263. The maximum atomic E-state index is 11.7. The number of nitrogens with zero attached hydrogens (tertiary/aromatic N) is 4. The third-order valence-corrected chi connectivity index (χ3v) is 2.85. The van der Waals surface area contributed by atoms with Crippen LogP contribution in [0.4, 0.5) is 5.82 Å². The van der Waals surface area contributed by atoms with Crippen LogP contribution in [0, 0.1) is 11.3 Å². The number of likely N-dealkylation sites (tertiary alicyclic amines) is 1. The van der Waals surface area contributed by atoms with E-state index in [0.717, 1.165) is 13.0 Å². The lowest BCUT2D eigenvalue weighted by Gasteiger charge is -2.16. The average Bonchev–Trinajstić information content (AvgIpc) is 2.71. The first-order chi connectivity index (χ1) is 8.74. The number of aromatic nitrogens is 2. The van der Waals surface area contributed by atoms with Gasteiger partial charge in [-0.1, -0.05) is 6.92 Å². The van der Waals surface area contributed by atoms with E-state index < -0.39 is 0 Å². The second-order valence-electron chi connectivity index (χ2n) is 4.25. The van der Waals surface area contributed by atoms with Crippen molar-refractivity contribution in [2.75, 3.05) is 18.4 Å². The SMILES string of the molecule is CCCN1CC(Nc2nccnc2C#N)CC1=O. The van der Waals surface area contributed by atoms with Crippen LogP contribution in [0.25, 0.3) is 0 Å². The van der Waals surface area contributed by atoms with Gasteiger partial charge in [-0.15, -0.1) is 0 Å². The van der Waals surface area contributed by atoms with Gasteiger partial charge in [0.1, 0.15) is 6.07 Å². The normalized spacial score (nSPS) is 18.8. The first kappa shape index (κ1) is 12.3. The molecule has 1 atom stereocenters. The van der Waals surface area contributed by atoms with Crippen LogP contribution in [0.2, 0.25) is 0 Å². The van der Waals surface area contributed by atoms with Crippen molar-refractivity contribution < 1.29 is 4.79 Å². The zero-order valence-corrected chi connectivity index (χ0v) is 10.3. The maximum Gasteiger partial charge on any atom is 0.224 e. The molecule has 1 N–H and O–H groups in total. The van der Waals surface area contributed by atoms with Gasteiger partial charge in [0, 0.05) is 31.9 Å². The Morgan fingerprint density at radius 1 is 1.56 bits per heavy atom. The number of anilines is 1. The van der Waals surface area contributed by atoms with E-state index in [1.807, 2.05) is 17.9 Å². The molecule has 6 heteroatoms. The predicted molar refractivity (Wildman–Crippen MR) is 65.6 cm³/mol. The van der Waals surface area contributed by atoms with Crippen molar-refractivity contribution >= 4 is 11.7 Å². The monoisotopic (exact) mass is 245 g/mol. The van der Waals surface area contributed by atoms with Crippen molar-refractivity contribution in [3.8, 4) is 6.07 Å². The molecule has 0 spiro atoms. The van der Waals surface area contributed by atoms with Crippen LogP contribution in [-0.2, 0) is 4.79 Å². The average molecular weight is 245 g/mol. The van der Waals surface area contributed by atoms with Crippen LogP contribution in [0.3, 0.4) is 0 Å². The summed E-state index contributed by atoms with van der Waals surface area (Å²) in [6.07, 6.45) is 4.41. The molecule has 94 valence electrons. The molecular formula is C12H15N5O. The van der Waals surface area contributed by atoms with E-state index >= 15 is 0 Å². The number of nitriles is 1. The Morgan fingerprint density at radius 2 is 2.33 bits per heavy atom. The Balaban J connectivity index is 2.03. The minimum atomic E-state index is 0.00727. The lowest BCUT2D eigenvalue weighted by molar-refractivity contribution is -0.127. The van der Waals surface area contributed by atoms with E-state index in [-0.39, 0.29) is 17.6 Å². The molecular weight excluding hydrogens is 230 g/mol. The summed E-state index contributed by atoms with van der Waals surface area (Å²) < 4.78 is 0. The molecule has 1 saturated heterocycles. The predicted octanol–water partition coefficient (Wildman–Crippen LogP) is 0.771. The molecule has 18 heavy (non-hydrogen) atoms. The van der Waals surface area contributed by atoms with Gasteiger partial charge in [0.2, 0.25) is 5.91 Å². The third kappa shape index (κ3) is 2.56. The summed E-state index contributed by atoms with van der Waals surface area (Å²) in [7, 11) is 0. The number of carbonyl (C=O) groups excluding carboxylic acids is 1. The summed E-state index contributed by atoms with van der Waals surface area (Å²) in [5.74, 6) is 0.605. The highest BCUT2D eigenvalue weighted by Crippen LogP contribution is 2.17. The van der Waals surface area contributed by atoms with Crippen LogP contribution in [0.5, 0.6) is 0 Å². The van der Waals surface area contributed by atoms with Crippen LogP contribution in [0.15, 0.2) is 12.4 Å². The van der Waals surface area contributed by atoms with E-state index in [1.165, 1.54) is 12.4 Å². The van der Waals surface area contributed by atoms with Crippen LogP contribution < -0.4 is 5.32 Å². The molecule has 0 radical (unpaired) electrons. The summed E-state index contributed by atoms with van der Waals surface area (Å²) in [6.45, 7) is 3.49. The number of hydrogen-bond donors (Lipinski definition) is 1. The molecule has 1 aliphatic heterocycles. The van der Waals surface area contributed by atoms with Crippen molar-refractivity contribution in [2.24, 2.45) is 0 Å². The topological polar surface area (TPSA) is 81.9 Å². The molecule has 1 amide bonds. The van der Waals surface area contributed by atoms with Gasteiger partial charge in [0.05, 0.1) is 6.04 Å². The standard InChI is InChI=1S/C12H15N5O/c1-2-5-17-8-9(6-11(17)18)16-12-10(7-13)14-3-4-15-12/h3-4,9H,2,5-6,8H2,1H3,(H,15,16). The molecule has 0 bridgehead atoms. The molecule has 0 saturated carbocycles. The number of nitrogens with one attached hydrogen (secondary N) is 1. The van der Waals surface area contributed by atoms with Gasteiger partial charge in [0.15, 0.2) is 11.5 Å². The zero-order chi connectivity index (χ0) is 13.0. The van der Waals surface area contributed by atoms with E-state index in [4.69, 9.17) is 5.26 Å². The van der Waals surface area contributed by atoms with Crippen molar-refractivity contribution in [3.63, 3.8) is 0 Å². The molecule has 0 aromatic carbocycles. The summed E-state index contributed by atoms with van der Waals surface area (Å²) >= 11 is 0. The fourth-order valence-corrected chi connectivity index (χ4v) is 2.07. The highest BCUT2D eigenvalue weighted by Gasteiger charge is 2.29. The Bertz CT molecular complexity index is 482. The van der Waals surface area contributed by atoms with Gasteiger partial charge in [0.25, 0.3) is 0 Å². The Hall–Kier alpha value is -2.16. The van der Waals surface area contributed by atoms with E-state index in [1.54, 1.807) is 0 Å². The lowest BCUT2D eigenvalue weighted by Crippen LogP contribution is -2.29. The zero-order valence-electron chi connectivity index (χ0n) is 10.3. The smallest absolute Gasteiger partial charge is 0.224 e. The number of carbonyl (C=O) groups is 1. The first-order valence-electron chi connectivity index (χ1n) is 6.00. The summed E-state index contributed by atoms with van der Waals surface area (Å²) in [5, 5.41) is 12.0. The molecule has 0 aliphatic carbocycles. The molecule has 1 aromatic rings. The quantitative estimate of drug-likeness (QED) is 0.847. The number of rotatable bonds is 4. The lowest BCUT2D eigenvalue weighted by atomic mass is 10.2. The van der Waals surface area contributed by atoms with Gasteiger partial charge in [-0.05, 0) is 6.42 Å². The maximum absolute atomic E-state index is 11.7. The van der Waals surface area contributed by atoms with Crippen molar-refractivity contribution in [3.05, 3.63) is 18.1 Å². The highest BCUT2D eigenvalue weighted by atomic mass is 16.2. The van der Waals surface area contributed by atoms with E-state index in [9.17, 15) is 4.79 Å². The molecule has 1 fully saturated rings. The minimum Gasteiger partial charge on any atom is -0.363 e. The van der Waals surface area contributed by atoms with Gasteiger partial charge < -0.3 is 10.2 Å². The minimum absolute atomic E-state index is 0.00727. The highest BCUT2D eigenvalue weighted by molar-refractivity contribution is 5.80. The molecule has 1 aliphatic rings. The van der Waals surface area contributed by atoms with Gasteiger partial charge in [-0.2, -0.15) is 5.26 Å². The number of hydrogen-bond acceptors (Lipinski definition) is 5. The molecule has 1 aromatic heterocycles. The van der Waals surface area contributed by atoms with Gasteiger partial charge in [-0.25, -0.2) is 9.97 Å². The van der Waals surface area contributed by atoms with Crippen molar-refractivity contribution in [1.82, 2.24) is 14.9 Å². The Labute approximate surface area is 106 Å². The fraction of sp³-hybridized carbons (Fsp3) is 0.500. The Kier molecular flexibility index (Phi) is 3.72. The second kappa shape index (κ2) is 5.45. The van der Waals surface area contributed by atoms with Crippen LogP contribution >= 0.6 is 0 Å². The van der Waals surface area contributed by atoms with E-state index in [2.05, 4.69) is 15.3 Å². The molecule has 1 unspecified atom stereocenters. The largest absolute Gasteiger partial charge is 0.363 e. The molecule has 2 rings (SSSR count). The van der Waals surface area contributed by atoms with Gasteiger partial charge in [-0.3, -0.25) is 4.79 Å². The van der Waals surface area contributed by atoms with E-state index in [0.29, 0.717) is 18.8 Å².